The number of aromatic nitrogens is 2. The Bertz CT molecular complexity index is 498. The van der Waals surface area contributed by atoms with Gasteiger partial charge in [0.15, 0.2) is 5.82 Å². The summed E-state index contributed by atoms with van der Waals surface area (Å²) in [6.07, 6.45) is 2.13. The average molecular weight is 249 g/mol. The van der Waals surface area contributed by atoms with E-state index in [-0.39, 0.29) is 17.9 Å². The molecule has 0 aliphatic heterocycles. The van der Waals surface area contributed by atoms with Crippen molar-refractivity contribution in [3.05, 3.63) is 5.56 Å². The molecule has 1 aliphatic carbocycles. The molecule has 1 aromatic rings. The number of esters is 1. The quantitative estimate of drug-likeness (QED) is 0.735. The van der Waals surface area contributed by atoms with Crippen LogP contribution in [0.2, 0.25) is 0 Å². The zero-order chi connectivity index (χ0) is 13.1. The van der Waals surface area contributed by atoms with Gasteiger partial charge in [-0.05, 0) is 19.8 Å². The topological polar surface area (TPSA) is 106 Å². The fourth-order valence-corrected chi connectivity index (χ4v) is 1.56. The molecule has 1 saturated carbocycles. The Kier molecular flexibility index (Phi) is 3.37. The minimum Gasteiger partial charge on any atom is -0.465 e. The summed E-state index contributed by atoms with van der Waals surface area (Å²) in [7, 11) is 0. The van der Waals surface area contributed by atoms with Crippen molar-refractivity contribution in [1.29, 1.82) is 5.26 Å². The van der Waals surface area contributed by atoms with Crippen LogP contribution in [0.25, 0.3) is 0 Å². The number of nitriles is 1. The second kappa shape index (κ2) is 4.96. The van der Waals surface area contributed by atoms with Crippen LogP contribution in [-0.4, -0.2) is 28.4 Å². The van der Waals surface area contributed by atoms with Crippen molar-refractivity contribution in [2.45, 2.75) is 32.4 Å². The monoisotopic (exact) mass is 249 g/mol. The molecule has 3 N–H and O–H groups in total. The summed E-state index contributed by atoms with van der Waals surface area (Å²) in [5.74, 6) is 0.213. The Balaban J connectivity index is 2.17. The number of ether oxygens (including phenoxy) is 1. The molecule has 1 fully saturated rings. The number of hydrogen-bond donors (Lipinski definition) is 2. The first-order valence-corrected chi connectivity index (χ1v) is 5.84. The Labute approximate surface area is 105 Å². The van der Waals surface area contributed by atoms with Crippen LogP contribution >= 0.6 is 0 Å². The van der Waals surface area contributed by atoms with E-state index in [1.807, 2.05) is 6.07 Å². The molecule has 0 amide bonds. The Morgan fingerprint density at radius 2 is 2.44 bits per heavy atom. The Hall–Kier alpha value is -2.23. The van der Waals surface area contributed by atoms with Gasteiger partial charge in [-0.1, -0.05) is 0 Å². The highest BCUT2D eigenvalue weighted by Gasteiger charge is 2.25. The van der Waals surface area contributed by atoms with Gasteiger partial charge in [-0.15, -0.1) is 0 Å². The highest BCUT2D eigenvalue weighted by molar-refractivity contribution is 5.71. The van der Waals surface area contributed by atoms with Gasteiger partial charge in [-0.3, -0.25) is 4.79 Å². The summed E-state index contributed by atoms with van der Waals surface area (Å²) in [6, 6.07) is 2.36. The SMILES string of the molecule is CCOC(=O)Cn1nc(NC2CC2)c(C#N)c1N. The second-order valence-electron chi connectivity index (χ2n) is 4.10. The summed E-state index contributed by atoms with van der Waals surface area (Å²) >= 11 is 0. The molecule has 0 bridgehead atoms. The number of nitrogens with one attached hydrogen (secondary N) is 1. The normalized spacial score (nSPS) is 14.0. The highest BCUT2D eigenvalue weighted by atomic mass is 16.5. The van der Waals surface area contributed by atoms with Gasteiger partial charge in [0.2, 0.25) is 0 Å². The zero-order valence-corrected chi connectivity index (χ0v) is 10.1. The lowest BCUT2D eigenvalue weighted by Crippen LogP contribution is -2.16. The standard InChI is InChI=1S/C11H15N5O2/c1-2-18-9(17)6-16-10(13)8(5-12)11(15-16)14-7-3-4-7/h7H,2-4,6,13H2,1H3,(H,14,15). The summed E-state index contributed by atoms with van der Waals surface area (Å²) in [6.45, 7) is 1.95. The number of nitrogens with two attached hydrogens (primary N) is 1. The molecule has 18 heavy (non-hydrogen) atoms. The smallest absolute Gasteiger partial charge is 0.327 e. The number of anilines is 2. The molecule has 7 nitrogen and oxygen atoms in total. The van der Waals surface area contributed by atoms with Crippen molar-refractivity contribution in [2.24, 2.45) is 0 Å². The van der Waals surface area contributed by atoms with Crippen molar-refractivity contribution in [3.8, 4) is 6.07 Å². The van der Waals surface area contributed by atoms with E-state index in [1.54, 1.807) is 6.92 Å². The maximum Gasteiger partial charge on any atom is 0.327 e. The van der Waals surface area contributed by atoms with E-state index >= 15 is 0 Å². The maximum absolute atomic E-state index is 11.4. The number of hydrogen-bond acceptors (Lipinski definition) is 6. The van der Waals surface area contributed by atoms with Crippen LogP contribution in [0.1, 0.15) is 25.3 Å². The van der Waals surface area contributed by atoms with Crippen molar-refractivity contribution in [2.75, 3.05) is 17.7 Å². The van der Waals surface area contributed by atoms with E-state index in [9.17, 15) is 4.79 Å². The number of carbonyl (C=O) groups excluding carboxylic acids is 1. The molecule has 0 atom stereocenters. The molecule has 7 heteroatoms. The minimum absolute atomic E-state index is 0.0826. The predicted octanol–water partition coefficient (Wildman–Crippen LogP) is 0.474. The third kappa shape index (κ3) is 2.53. The Morgan fingerprint density at radius 3 is 3.00 bits per heavy atom. The molecule has 0 saturated heterocycles. The summed E-state index contributed by atoms with van der Waals surface area (Å²) < 4.78 is 6.11. The highest BCUT2D eigenvalue weighted by Crippen LogP contribution is 2.28. The second-order valence-corrected chi connectivity index (χ2v) is 4.10. The van der Waals surface area contributed by atoms with Gasteiger partial charge < -0.3 is 15.8 Å². The number of nitrogen functional groups attached to an aromatic ring is 1. The number of rotatable bonds is 5. The van der Waals surface area contributed by atoms with E-state index < -0.39 is 5.97 Å². The number of carbonyl (C=O) groups is 1. The van der Waals surface area contributed by atoms with Gasteiger partial charge in [-0.2, -0.15) is 10.4 Å². The molecule has 1 heterocycles. The summed E-state index contributed by atoms with van der Waals surface area (Å²) in [4.78, 5) is 11.4. The van der Waals surface area contributed by atoms with E-state index in [4.69, 9.17) is 15.7 Å². The van der Waals surface area contributed by atoms with Crippen LogP contribution in [-0.2, 0) is 16.1 Å². The van der Waals surface area contributed by atoms with Crippen LogP contribution in [0.4, 0.5) is 11.6 Å². The van der Waals surface area contributed by atoms with E-state index in [1.165, 1.54) is 4.68 Å². The molecule has 1 aliphatic rings. The molecule has 0 unspecified atom stereocenters. The maximum atomic E-state index is 11.4. The third-order valence-electron chi connectivity index (χ3n) is 2.61. The fraction of sp³-hybridized carbons (Fsp3) is 0.545. The minimum atomic E-state index is -0.422. The molecule has 0 spiro atoms. The zero-order valence-electron chi connectivity index (χ0n) is 10.1. The van der Waals surface area contributed by atoms with E-state index in [2.05, 4.69) is 10.4 Å². The van der Waals surface area contributed by atoms with Crippen LogP contribution < -0.4 is 11.1 Å². The van der Waals surface area contributed by atoms with Gasteiger partial charge in [0.1, 0.15) is 24.0 Å². The molecule has 0 radical (unpaired) electrons. The molecular formula is C11H15N5O2. The van der Waals surface area contributed by atoms with Crippen molar-refractivity contribution >= 4 is 17.6 Å². The first-order chi connectivity index (χ1) is 8.65. The first kappa shape index (κ1) is 12.2. The van der Waals surface area contributed by atoms with Gasteiger partial charge in [0.05, 0.1) is 6.61 Å². The Morgan fingerprint density at radius 1 is 1.72 bits per heavy atom. The van der Waals surface area contributed by atoms with Crippen LogP contribution in [0.15, 0.2) is 0 Å². The predicted molar refractivity (Wildman–Crippen MR) is 64.6 cm³/mol. The van der Waals surface area contributed by atoms with Crippen LogP contribution in [0, 0.1) is 11.3 Å². The van der Waals surface area contributed by atoms with Gasteiger partial charge in [0.25, 0.3) is 0 Å². The van der Waals surface area contributed by atoms with Gasteiger partial charge in [0, 0.05) is 6.04 Å². The van der Waals surface area contributed by atoms with E-state index in [0.29, 0.717) is 18.5 Å². The van der Waals surface area contributed by atoms with E-state index in [0.717, 1.165) is 12.8 Å². The summed E-state index contributed by atoms with van der Waals surface area (Å²) in [5, 5.41) is 16.3. The summed E-state index contributed by atoms with van der Waals surface area (Å²) in [5.41, 5.74) is 6.07. The van der Waals surface area contributed by atoms with Crippen LogP contribution in [0.5, 0.6) is 0 Å². The average Bonchev–Trinajstić information content (AvgIpc) is 3.07. The largest absolute Gasteiger partial charge is 0.465 e. The lowest BCUT2D eigenvalue weighted by atomic mass is 10.3. The lowest BCUT2D eigenvalue weighted by Gasteiger charge is -2.03. The third-order valence-corrected chi connectivity index (χ3v) is 2.61. The molecule has 1 aromatic heterocycles. The molecule has 96 valence electrons. The molecule has 2 rings (SSSR count). The van der Waals surface area contributed by atoms with Gasteiger partial charge in [-0.25, -0.2) is 4.68 Å². The van der Waals surface area contributed by atoms with Crippen molar-refractivity contribution < 1.29 is 9.53 Å². The molecule has 0 aromatic carbocycles. The molecular weight excluding hydrogens is 234 g/mol. The van der Waals surface area contributed by atoms with Crippen molar-refractivity contribution in [3.63, 3.8) is 0 Å². The fourth-order valence-electron chi connectivity index (χ4n) is 1.56. The lowest BCUT2D eigenvalue weighted by molar-refractivity contribution is -0.143. The van der Waals surface area contributed by atoms with Gasteiger partial charge >= 0.3 is 5.97 Å². The first-order valence-electron chi connectivity index (χ1n) is 5.84. The van der Waals surface area contributed by atoms with Crippen molar-refractivity contribution in [1.82, 2.24) is 9.78 Å². The number of nitrogens with zero attached hydrogens (tertiary/aromatic N) is 3. The van der Waals surface area contributed by atoms with Crippen LogP contribution in [0.3, 0.4) is 0 Å².